The maximum Gasteiger partial charge on any atom is 0.248 e. The van der Waals surface area contributed by atoms with Crippen LogP contribution in [-0.2, 0) is 12.0 Å². The third-order valence-corrected chi connectivity index (χ3v) is 6.49. The van der Waals surface area contributed by atoms with Gasteiger partial charge in [0.25, 0.3) is 0 Å². The largest absolute Gasteiger partial charge is 0.366 e. The standard InChI is InChI=1S/C21H28N4OS/c1-23-20(24-14-16-7-9-17(10-8-16)19(22)26)25-15-21(11-3-2-4-12-21)18-6-5-13-27-18/h5-10,13H,2-4,11-12,14-15H2,1H3,(H2,22,26)(H2,23,24,25). The Bertz CT molecular complexity index is 762. The zero-order valence-corrected chi connectivity index (χ0v) is 16.6. The molecule has 6 heteroatoms. The first-order valence-electron chi connectivity index (χ1n) is 9.50. The van der Waals surface area contributed by atoms with Gasteiger partial charge in [-0.15, -0.1) is 11.3 Å². The van der Waals surface area contributed by atoms with Crippen LogP contribution in [0.2, 0.25) is 0 Å². The number of hydrogen-bond acceptors (Lipinski definition) is 3. The number of primary amides is 1. The second-order valence-electron chi connectivity index (χ2n) is 7.16. The third-order valence-electron chi connectivity index (χ3n) is 5.37. The fraction of sp³-hybridized carbons (Fsp3) is 0.429. The summed E-state index contributed by atoms with van der Waals surface area (Å²) >= 11 is 1.86. The van der Waals surface area contributed by atoms with Crippen molar-refractivity contribution in [2.75, 3.05) is 13.6 Å². The lowest BCUT2D eigenvalue weighted by Gasteiger charge is -2.37. The first-order chi connectivity index (χ1) is 13.1. The molecule has 0 unspecified atom stereocenters. The van der Waals surface area contributed by atoms with Crippen LogP contribution in [-0.4, -0.2) is 25.5 Å². The molecule has 0 saturated heterocycles. The molecule has 0 aliphatic heterocycles. The van der Waals surface area contributed by atoms with E-state index in [9.17, 15) is 4.79 Å². The van der Waals surface area contributed by atoms with Crippen LogP contribution in [0.25, 0.3) is 0 Å². The molecule has 0 spiro atoms. The summed E-state index contributed by atoms with van der Waals surface area (Å²) in [4.78, 5) is 17.0. The van der Waals surface area contributed by atoms with E-state index < -0.39 is 5.91 Å². The maximum absolute atomic E-state index is 11.2. The van der Waals surface area contributed by atoms with Gasteiger partial charge in [-0.25, -0.2) is 0 Å². The molecule has 0 atom stereocenters. The third kappa shape index (κ3) is 4.89. The number of amides is 1. The van der Waals surface area contributed by atoms with Crippen molar-refractivity contribution >= 4 is 23.2 Å². The lowest BCUT2D eigenvalue weighted by Crippen LogP contribution is -2.46. The van der Waals surface area contributed by atoms with E-state index >= 15 is 0 Å². The lowest BCUT2D eigenvalue weighted by molar-refractivity contribution is 0.100. The fourth-order valence-corrected chi connectivity index (χ4v) is 4.75. The van der Waals surface area contributed by atoms with Crippen molar-refractivity contribution in [1.29, 1.82) is 0 Å². The Morgan fingerprint density at radius 2 is 1.89 bits per heavy atom. The maximum atomic E-state index is 11.2. The second kappa shape index (κ2) is 9.04. The number of hydrogen-bond donors (Lipinski definition) is 3. The summed E-state index contributed by atoms with van der Waals surface area (Å²) < 4.78 is 0. The molecule has 0 bridgehead atoms. The van der Waals surface area contributed by atoms with E-state index in [2.05, 4.69) is 33.1 Å². The number of benzene rings is 1. The number of carbonyl (C=O) groups is 1. The van der Waals surface area contributed by atoms with E-state index in [-0.39, 0.29) is 5.41 Å². The predicted octanol–water partition coefficient (Wildman–Crippen LogP) is 3.41. The van der Waals surface area contributed by atoms with Crippen LogP contribution in [0, 0.1) is 0 Å². The fourth-order valence-electron chi connectivity index (χ4n) is 3.77. The minimum absolute atomic E-state index is 0.215. The van der Waals surface area contributed by atoms with E-state index in [1.807, 2.05) is 23.5 Å². The highest BCUT2D eigenvalue weighted by Gasteiger charge is 2.34. The number of nitrogens with one attached hydrogen (secondary N) is 2. The van der Waals surface area contributed by atoms with Crippen molar-refractivity contribution in [2.24, 2.45) is 10.7 Å². The Morgan fingerprint density at radius 1 is 1.15 bits per heavy atom. The number of nitrogens with two attached hydrogens (primary N) is 1. The van der Waals surface area contributed by atoms with Crippen molar-refractivity contribution in [3.63, 3.8) is 0 Å². The number of rotatable bonds is 6. The second-order valence-corrected chi connectivity index (χ2v) is 8.11. The van der Waals surface area contributed by atoms with Gasteiger partial charge in [0.1, 0.15) is 0 Å². The van der Waals surface area contributed by atoms with Crippen LogP contribution < -0.4 is 16.4 Å². The summed E-state index contributed by atoms with van der Waals surface area (Å²) in [7, 11) is 1.80. The summed E-state index contributed by atoms with van der Waals surface area (Å²) in [5.41, 5.74) is 7.11. The summed E-state index contributed by atoms with van der Waals surface area (Å²) in [6.07, 6.45) is 6.37. The molecular formula is C21H28N4OS. The Morgan fingerprint density at radius 3 is 2.48 bits per heavy atom. The molecule has 1 aromatic heterocycles. The monoisotopic (exact) mass is 384 g/mol. The van der Waals surface area contributed by atoms with E-state index in [1.165, 1.54) is 37.0 Å². The molecule has 144 valence electrons. The predicted molar refractivity (Wildman–Crippen MR) is 112 cm³/mol. The van der Waals surface area contributed by atoms with Gasteiger partial charge < -0.3 is 16.4 Å². The quantitative estimate of drug-likeness (QED) is 0.527. The number of guanidine groups is 1. The molecule has 1 heterocycles. The van der Waals surface area contributed by atoms with E-state index in [0.29, 0.717) is 12.1 Å². The molecule has 1 aliphatic carbocycles. The molecular weight excluding hydrogens is 356 g/mol. The van der Waals surface area contributed by atoms with Gasteiger partial charge in [0.05, 0.1) is 0 Å². The van der Waals surface area contributed by atoms with Gasteiger partial charge in [0.15, 0.2) is 5.96 Å². The SMILES string of the molecule is CN=C(NCc1ccc(C(N)=O)cc1)NCC1(c2cccs2)CCCCC1. The van der Waals surface area contributed by atoms with Gasteiger partial charge in [0, 0.05) is 36.0 Å². The van der Waals surface area contributed by atoms with Crippen molar-refractivity contribution in [3.05, 3.63) is 57.8 Å². The van der Waals surface area contributed by atoms with Crippen LogP contribution in [0.3, 0.4) is 0 Å². The van der Waals surface area contributed by atoms with Crippen LogP contribution in [0.5, 0.6) is 0 Å². The van der Waals surface area contributed by atoms with E-state index in [1.54, 1.807) is 19.2 Å². The van der Waals surface area contributed by atoms with Gasteiger partial charge in [0.2, 0.25) is 5.91 Å². The van der Waals surface area contributed by atoms with Gasteiger partial charge in [-0.3, -0.25) is 9.79 Å². The summed E-state index contributed by atoms with van der Waals surface area (Å²) in [6, 6.07) is 11.8. The molecule has 0 radical (unpaired) electrons. The number of carbonyl (C=O) groups excluding carboxylic acids is 1. The zero-order chi connectivity index (χ0) is 19.1. The lowest BCUT2D eigenvalue weighted by atomic mass is 9.73. The van der Waals surface area contributed by atoms with Gasteiger partial charge in [-0.05, 0) is 42.0 Å². The molecule has 27 heavy (non-hydrogen) atoms. The van der Waals surface area contributed by atoms with Crippen LogP contribution in [0.15, 0.2) is 46.8 Å². The summed E-state index contributed by atoms with van der Waals surface area (Å²) in [6.45, 7) is 1.54. The highest BCUT2D eigenvalue weighted by Crippen LogP contribution is 2.41. The van der Waals surface area contributed by atoms with Crippen LogP contribution in [0.1, 0.15) is 52.9 Å². The molecule has 2 aromatic rings. The first-order valence-corrected chi connectivity index (χ1v) is 10.4. The Kier molecular flexibility index (Phi) is 6.50. The molecule has 1 saturated carbocycles. The van der Waals surface area contributed by atoms with E-state index in [0.717, 1.165) is 18.1 Å². The molecule has 1 aromatic carbocycles. The normalized spacial score (nSPS) is 16.7. The molecule has 1 aliphatic rings. The smallest absolute Gasteiger partial charge is 0.248 e. The highest BCUT2D eigenvalue weighted by molar-refractivity contribution is 7.10. The number of thiophene rings is 1. The molecule has 5 nitrogen and oxygen atoms in total. The summed E-state index contributed by atoms with van der Waals surface area (Å²) in [5, 5.41) is 9.08. The molecule has 4 N–H and O–H groups in total. The topological polar surface area (TPSA) is 79.5 Å². The molecule has 3 rings (SSSR count). The minimum atomic E-state index is -0.404. The van der Waals surface area contributed by atoms with Gasteiger partial charge in [-0.1, -0.05) is 37.5 Å². The zero-order valence-electron chi connectivity index (χ0n) is 15.8. The molecule has 1 amide bonds. The average Bonchev–Trinajstić information content (AvgIpc) is 3.25. The molecule has 1 fully saturated rings. The average molecular weight is 385 g/mol. The minimum Gasteiger partial charge on any atom is -0.366 e. The summed E-state index contributed by atoms with van der Waals surface area (Å²) in [5.74, 6) is 0.397. The van der Waals surface area contributed by atoms with Crippen LogP contribution >= 0.6 is 11.3 Å². The number of aliphatic imine (C=N–C) groups is 1. The number of nitrogens with zero attached hydrogens (tertiary/aromatic N) is 1. The van der Waals surface area contributed by atoms with Crippen molar-refractivity contribution in [3.8, 4) is 0 Å². The Labute approximate surface area is 165 Å². The van der Waals surface area contributed by atoms with Crippen LogP contribution in [0.4, 0.5) is 0 Å². The highest BCUT2D eigenvalue weighted by atomic mass is 32.1. The van der Waals surface area contributed by atoms with Crippen molar-refractivity contribution in [2.45, 2.75) is 44.1 Å². The first kappa shape index (κ1) is 19.4. The Balaban J connectivity index is 1.58. The Hall–Kier alpha value is -2.34. The van der Waals surface area contributed by atoms with Gasteiger partial charge in [-0.2, -0.15) is 0 Å². The van der Waals surface area contributed by atoms with Crippen molar-refractivity contribution in [1.82, 2.24) is 10.6 Å². The van der Waals surface area contributed by atoms with Gasteiger partial charge >= 0.3 is 0 Å². The van der Waals surface area contributed by atoms with E-state index in [4.69, 9.17) is 5.73 Å². The van der Waals surface area contributed by atoms with Crippen molar-refractivity contribution < 1.29 is 4.79 Å².